The second-order valence-corrected chi connectivity index (χ2v) is 34.1. The van der Waals surface area contributed by atoms with Crippen molar-refractivity contribution in [3.63, 3.8) is 0 Å². The molecule has 3 heterocycles. The summed E-state index contributed by atoms with van der Waals surface area (Å²) < 4.78 is 95.9. The lowest BCUT2D eigenvalue weighted by atomic mass is 9.93. The first-order valence-corrected chi connectivity index (χ1v) is 31.8. The molecule has 0 aliphatic carbocycles. The molecule has 3 saturated heterocycles. The summed E-state index contributed by atoms with van der Waals surface area (Å²) in [5.41, 5.74) is 1.96. The van der Waals surface area contributed by atoms with Gasteiger partial charge in [0.25, 0.3) is 10.1 Å². The number of hydrogen-bond donors (Lipinski definition) is 0. The fraction of sp³-hybridized carbons (Fsp3) is 0.783. The van der Waals surface area contributed by atoms with Crippen molar-refractivity contribution < 1.29 is 48.8 Å². The number of rotatable bonds is 24. The van der Waals surface area contributed by atoms with Gasteiger partial charge in [-0.2, -0.15) is 8.42 Å². The minimum atomic E-state index is -3.70. The average molecular weight is 929 g/mol. The van der Waals surface area contributed by atoms with Crippen molar-refractivity contribution in [2.75, 3.05) is 31.8 Å². The minimum Gasteiger partial charge on any atom is -0.414 e. The summed E-state index contributed by atoms with van der Waals surface area (Å²) >= 11 is 0. The Bertz CT molecular complexity index is 1780. The standard InChI is InChI=1S/C46H80O11S2Si2/c1-34(19-21-37(56-58(9,47)48)22-25-42-35(2)29-38(54-42)23-26-44-51-27-28-52-44)20-24-43-36(33-59(49,50)41-17-15-14-16-18-41)30-39(55-43)31-40(57-61(12,13)46(6,7)8)32-53-60(10,11)45(3,4)5/h14-18,36-40,42-44H,1-2,19-33H2,3-13H3/t36-,37-,38-,39-,40-,42-,43-/m0/s1. The largest absolute Gasteiger partial charge is 0.414 e. The van der Waals surface area contributed by atoms with Crippen LogP contribution in [0.25, 0.3) is 0 Å². The Morgan fingerprint density at radius 2 is 1.46 bits per heavy atom. The van der Waals surface area contributed by atoms with Crippen LogP contribution in [0.3, 0.4) is 0 Å². The van der Waals surface area contributed by atoms with E-state index in [2.05, 4.69) is 80.9 Å². The van der Waals surface area contributed by atoms with Gasteiger partial charge in [0, 0.05) is 18.8 Å². The molecule has 7 atom stereocenters. The van der Waals surface area contributed by atoms with Crippen molar-refractivity contribution in [2.45, 2.75) is 196 Å². The molecule has 1 aromatic carbocycles. The molecule has 0 N–H and O–H groups in total. The summed E-state index contributed by atoms with van der Waals surface area (Å²) in [6.45, 7) is 32.8. The van der Waals surface area contributed by atoms with Crippen LogP contribution in [-0.4, -0.2) is 108 Å². The predicted octanol–water partition coefficient (Wildman–Crippen LogP) is 10.1. The third-order valence-corrected chi connectivity index (χ3v) is 25.1. The van der Waals surface area contributed by atoms with E-state index in [4.69, 9.17) is 32.0 Å². The fourth-order valence-corrected chi connectivity index (χ4v) is 12.6. The lowest BCUT2D eigenvalue weighted by Gasteiger charge is -2.42. The number of allylic oxidation sites excluding steroid dienone is 1. The van der Waals surface area contributed by atoms with Gasteiger partial charge in [-0.15, -0.1) is 0 Å². The molecule has 3 aliphatic rings. The molecule has 350 valence electrons. The van der Waals surface area contributed by atoms with Crippen LogP contribution in [0.2, 0.25) is 36.3 Å². The predicted molar refractivity (Wildman–Crippen MR) is 249 cm³/mol. The van der Waals surface area contributed by atoms with E-state index in [1.165, 1.54) is 0 Å². The van der Waals surface area contributed by atoms with Crippen LogP contribution in [0, 0.1) is 5.92 Å². The summed E-state index contributed by atoms with van der Waals surface area (Å²) in [5, 5.41) is 0.0471. The Morgan fingerprint density at radius 3 is 2.07 bits per heavy atom. The molecule has 0 radical (unpaired) electrons. The van der Waals surface area contributed by atoms with E-state index in [9.17, 15) is 16.8 Å². The van der Waals surface area contributed by atoms with Crippen molar-refractivity contribution in [3.05, 3.63) is 54.6 Å². The van der Waals surface area contributed by atoms with Gasteiger partial charge in [0.1, 0.15) is 0 Å². The van der Waals surface area contributed by atoms with Crippen LogP contribution in [0.15, 0.2) is 59.5 Å². The Hall–Kier alpha value is -1.25. The fourth-order valence-electron chi connectivity index (χ4n) is 7.89. The smallest absolute Gasteiger partial charge is 0.264 e. The summed E-state index contributed by atoms with van der Waals surface area (Å²) in [4.78, 5) is 0.316. The molecule has 61 heavy (non-hydrogen) atoms. The molecular formula is C46H80O11S2Si2. The highest BCUT2D eigenvalue weighted by Crippen LogP contribution is 2.42. The monoisotopic (exact) mass is 928 g/mol. The zero-order valence-electron chi connectivity index (χ0n) is 39.3. The van der Waals surface area contributed by atoms with Gasteiger partial charge < -0.3 is 27.8 Å². The molecule has 4 rings (SSSR count). The molecule has 0 amide bonds. The van der Waals surface area contributed by atoms with Gasteiger partial charge in [-0.05, 0) is 112 Å². The van der Waals surface area contributed by atoms with E-state index in [-0.39, 0.29) is 58.6 Å². The van der Waals surface area contributed by atoms with Crippen molar-refractivity contribution >= 4 is 36.6 Å². The van der Waals surface area contributed by atoms with Crippen LogP contribution in [0.5, 0.6) is 0 Å². The maximum atomic E-state index is 13.8. The summed E-state index contributed by atoms with van der Waals surface area (Å²) in [7, 11) is -11.5. The van der Waals surface area contributed by atoms with Crippen molar-refractivity contribution in [1.29, 1.82) is 0 Å². The van der Waals surface area contributed by atoms with Crippen LogP contribution < -0.4 is 0 Å². The van der Waals surface area contributed by atoms with E-state index >= 15 is 0 Å². The molecule has 0 bridgehead atoms. The van der Waals surface area contributed by atoms with E-state index < -0.39 is 42.7 Å². The topological polar surface area (TPSA) is 133 Å². The van der Waals surface area contributed by atoms with Crippen LogP contribution in [-0.2, 0) is 51.9 Å². The quantitative estimate of drug-likeness (QED) is 0.0557. The summed E-state index contributed by atoms with van der Waals surface area (Å²) in [6.07, 6.45) is 6.47. The maximum Gasteiger partial charge on any atom is 0.264 e. The molecule has 3 fully saturated rings. The first-order valence-electron chi connectivity index (χ1n) is 22.5. The highest BCUT2D eigenvalue weighted by Gasteiger charge is 2.44. The van der Waals surface area contributed by atoms with Crippen molar-refractivity contribution in [3.8, 4) is 0 Å². The molecule has 0 spiro atoms. The van der Waals surface area contributed by atoms with Gasteiger partial charge in [0.15, 0.2) is 32.8 Å². The number of sulfone groups is 1. The Kier molecular flexibility index (Phi) is 18.7. The van der Waals surface area contributed by atoms with Crippen molar-refractivity contribution in [1.82, 2.24) is 0 Å². The third-order valence-electron chi connectivity index (χ3n) is 13.6. The van der Waals surface area contributed by atoms with Crippen molar-refractivity contribution in [2.24, 2.45) is 5.92 Å². The van der Waals surface area contributed by atoms with Gasteiger partial charge in [-0.1, -0.05) is 78.5 Å². The number of hydrogen-bond acceptors (Lipinski definition) is 11. The Morgan fingerprint density at radius 1 is 0.820 bits per heavy atom. The molecule has 0 unspecified atom stereocenters. The molecule has 0 aromatic heterocycles. The molecule has 15 heteroatoms. The Labute approximate surface area is 372 Å². The van der Waals surface area contributed by atoms with Gasteiger partial charge in [0.05, 0.1) is 73.3 Å². The van der Waals surface area contributed by atoms with E-state index in [1.807, 2.05) is 6.07 Å². The van der Waals surface area contributed by atoms with Crippen LogP contribution in [0.1, 0.15) is 112 Å². The lowest BCUT2D eigenvalue weighted by Crippen LogP contribution is -2.48. The van der Waals surface area contributed by atoms with E-state index in [1.54, 1.807) is 24.3 Å². The lowest BCUT2D eigenvalue weighted by molar-refractivity contribution is -0.0588. The number of benzene rings is 1. The first kappa shape index (κ1) is 52.4. The third kappa shape index (κ3) is 16.6. The second kappa shape index (κ2) is 21.8. The summed E-state index contributed by atoms with van der Waals surface area (Å²) in [6, 6.07) is 8.65. The zero-order valence-corrected chi connectivity index (χ0v) is 43.0. The molecule has 11 nitrogen and oxygen atoms in total. The molecule has 0 saturated carbocycles. The average Bonchev–Trinajstić information content (AvgIpc) is 3.89. The zero-order chi connectivity index (χ0) is 45.4. The van der Waals surface area contributed by atoms with Crippen LogP contribution in [0.4, 0.5) is 0 Å². The highest BCUT2D eigenvalue weighted by atomic mass is 32.2. The SMILES string of the molecule is C=C(CC[C@@H](CC[C@@H]1O[C@@H](CCC2OCCO2)CC1=C)OS(C)(=O)=O)CC[C@@H]1O[C@H](C[C@@H](CO[Si](C)(C)C(C)(C)C)O[Si](C)(C)C(C)(C)C)C[C@H]1CS(=O)(=O)c1ccccc1. The van der Waals surface area contributed by atoms with Gasteiger partial charge in [-0.3, -0.25) is 4.18 Å². The van der Waals surface area contributed by atoms with Gasteiger partial charge in [-0.25, -0.2) is 8.42 Å². The highest BCUT2D eigenvalue weighted by molar-refractivity contribution is 7.91. The molecular weight excluding hydrogens is 849 g/mol. The normalized spacial score (nSPS) is 24.7. The Balaban J connectivity index is 1.41. The second-order valence-electron chi connectivity index (χ2n) is 20.9. The maximum absolute atomic E-state index is 13.8. The molecule has 3 aliphatic heterocycles. The number of ether oxygens (including phenoxy) is 4. The van der Waals surface area contributed by atoms with E-state index in [0.29, 0.717) is 76.1 Å². The van der Waals surface area contributed by atoms with Gasteiger partial charge in [0.2, 0.25) is 0 Å². The summed E-state index contributed by atoms with van der Waals surface area (Å²) in [5.74, 6) is -0.235. The van der Waals surface area contributed by atoms with Crippen LogP contribution >= 0.6 is 0 Å². The minimum absolute atomic E-state index is 0.00182. The molecule has 1 aromatic rings. The van der Waals surface area contributed by atoms with Gasteiger partial charge >= 0.3 is 0 Å². The first-order chi connectivity index (χ1) is 28.1. The van der Waals surface area contributed by atoms with E-state index in [0.717, 1.165) is 36.7 Å².